The van der Waals surface area contributed by atoms with Crippen LogP contribution in [0.25, 0.3) is 21.5 Å². The van der Waals surface area contributed by atoms with E-state index in [1.807, 2.05) is 0 Å². The molecule has 0 radical (unpaired) electrons. The lowest BCUT2D eigenvalue weighted by molar-refractivity contribution is 0.0955. The summed E-state index contributed by atoms with van der Waals surface area (Å²) in [7, 11) is -3.27. The predicted molar refractivity (Wildman–Crippen MR) is 128 cm³/mol. The minimum absolute atomic E-state index is 0.0679. The van der Waals surface area contributed by atoms with E-state index in [0.29, 0.717) is 36.4 Å². The van der Waals surface area contributed by atoms with Crippen LogP contribution >= 0.6 is 34.5 Å². The second-order valence-electron chi connectivity index (χ2n) is 6.98. The highest BCUT2D eigenvalue weighted by Gasteiger charge is 2.18. The van der Waals surface area contributed by atoms with Crippen molar-refractivity contribution in [3.05, 3.63) is 69.0 Å². The highest BCUT2D eigenvalue weighted by atomic mass is 35.5. The van der Waals surface area contributed by atoms with Gasteiger partial charge in [0.1, 0.15) is 4.83 Å². The van der Waals surface area contributed by atoms with Crippen LogP contribution < -0.4 is 11.1 Å². The summed E-state index contributed by atoms with van der Waals surface area (Å²) in [6, 6.07) is 13.1. The number of nitrogen functional groups attached to an aromatic ring is 1. The summed E-state index contributed by atoms with van der Waals surface area (Å²) in [6.45, 7) is 0.237. The van der Waals surface area contributed by atoms with E-state index in [-0.39, 0.29) is 23.3 Å². The van der Waals surface area contributed by atoms with Gasteiger partial charge in [-0.25, -0.2) is 18.4 Å². The van der Waals surface area contributed by atoms with Gasteiger partial charge in [-0.3, -0.25) is 4.79 Å². The van der Waals surface area contributed by atoms with Crippen LogP contribution in [0.4, 0.5) is 5.95 Å². The van der Waals surface area contributed by atoms with Crippen LogP contribution in [0.15, 0.2) is 53.4 Å². The van der Waals surface area contributed by atoms with Crippen LogP contribution in [0, 0.1) is 0 Å². The minimum atomic E-state index is -3.27. The van der Waals surface area contributed by atoms with Crippen molar-refractivity contribution >= 4 is 66.4 Å². The predicted octanol–water partition coefficient (Wildman–Crippen LogP) is 4.58. The van der Waals surface area contributed by atoms with Crippen molar-refractivity contribution in [2.45, 2.75) is 11.4 Å². The largest absolute Gasteiger partial charge is 0.368 e. The molecule has 11 heteroatoms. The normalized spacial score (nSPS) is 11.6. The molecule has 3 N–H and O–H groups in total. The molecule has 0 spiro atoms. The van der Waals surface area contributed by atoms with E-state index in [0.717, 1.165) is 11.8 Å². The van der Waals surface area contributed by atoms with Crippen LogP contribution in [0.3, 0.4) is 0 Å². The zero-order chi connectivity index (χ0) is 23.0. The molecule has 0 aliphatic rings. The Hall–Kier alpha value is -2.72. The fraction of sp³-hybridized carbons (Fsp3) is 0.0952. The molecule has 0 aliphatic heterocycles. The van der Waals surface area contributed by atoms with Crippen LogP contribution in [0.2, 0.25) is 10.0 Å². The van der Waals surface area contributed by atoms with Crippen molar-refractivity contribution in [3.63, 3.8) is 0 Å². The molecule has 0 atom stereocenters. The monoisotopic (exact) mass is 506 g/mol. The highest BCUT2D eigenvalue weighted by Crippen LogP contribution is 2.36. The van der Waals surface area contributed by atoms with Crippen molar-refractivity contribution in [3.8, 4) is 11.3 Å². The molecule has 0 saturated carbocycles. The van der Waals surface area contributed by atoms with Gasteiger partial charge in [-0.05, 0) is 42.0 Å². The molecule has 164 valence electrons. The first kappa shape index (κ1) is 22.5. The van der Waals surface area contributed by atoms with Gasteiger partial charge in [-0.1, -0.05) is 35.3 Å². The fourth-order valence-electron chi connectivity index (χ4n) is 3.06. The number of anilines is 1. The summed E-state index contributed by atoms with van der Waals surface area (Å²) in [5.74, 6) is -0.231. The zero-order valence-corrected chi connectivity index (χ0v) is 19.7. The van der Waals surface area contributed by atoms with Gasteiger partial charge in [0.05, 0.1) is 20.5 Å². The van der Waals surface area contributed by atoms with E-state index in [4.69, 9.17) is 28.9 Å². The first-order valence-corrected chi connectivity index (χ1v) is 12.7. The van der Waals surface area contributed by atoms with E-state index >= 15 is 0 Å². The number of sulfone groups is 1. The summed E-state index contributed by atoms with van der Waals surface area (Å²) >= 11 is 13.5. The Kier molecular flexibility index (Phi) is 6.09. The number of nitrogens with zero attached hydrogens (tertiary/aromatic N) is 2. The van der Waals surface area contributed by atoms with Gasteiger partial charge in [0, 0.05) is 28.8 Å². The molecule has 2 aromatic heterocycles. The number of carbonyl (C=O) groups is 1. The van der Waals surface area contributed by atoms with Gasteiger partial charge >= 0.3 is 0 Å². The molecule has 0 aliphatic carbocycles. The summed E-state index contributed by atoms with van der Waals surface area (Å²) < 4.78 is 23.1. The maximum Gasteiger partial charge on any atom is 0.261 e. The first-order valence-electron chi connectivity index (χ1n) is 9.21. The van der Waals surface area contributed by atoms with Crippen LogP contribution in [0.1, 0.15) is 15.2 Å². The molecule has 2 aromatic carbocycles. The summed E-state index contributed by atoms with van der Waals surface area (Å²) in [6.07, 6.45) is 1.15. The van der Waals surface area contributed by atoms with E-state index in [1.54, 1.807) is 36.4 Å². The van der Waals surface area contributed by atoms with Crippen molar-refractivity contribution in [2.75, 3.05) is 12.0 Å². The number of hydrogen-bond donors (Lipinski definition) is 2. The number of carbonyl (C=O) groups excluding carboxylic acids is 1. The number of thiophene rings is 1. The van der Waals surface area contributed by atoms with Gasteiger partial charge in [-0.2, -0.15) is 0 Å². The van der Waals surface area contributed by atoms with Gasteiger partial charge in [0.25, 0.3) is 5.91 Å². The number of hydrogen-bond acceptors (Lipinski definition) is 7. The summed E-state index contributed by atoms with van der Waals surface area (Å²) in [5, 5.41) is 4.38. The number of aromatic nitrogens is 2. The number of fused-ring (bicyclic) bond motifs is 1. The second kappa shape index (κ2) is 8.67. The van der Waals surface area contributed by atoms with Gasteiger partial charge < -0.3 is 11.1 Å². The number of rotatable bonds is 5. The third-order valence-corrected chi connectivity index (χ3v) is 7.33. The Morgan fingerprint density at radius 1 is 1.09 bits per heavy atom. The van der Waals surface area contributed by atoms with Gasteiger partial charge in [-0.15, -0.1) is 11.3 Å². The Bertz CT molecular complexity index is 1450. The third kappa shape index (κ3) is 4.71. The lowest BCUT2D eigenvalue weighted by atomic mass is 10.1. The summed E-state index contributed by atoms with van der Waals surface area (Å²) in [4.78, 5) is 22.5. The third-order valence-electron chi connectivity index (χ3n) is 4.62. The average Bonchev–Trinajstić information content (AvgIpc) is 3.15. The fourth-order valence-corrected chi connectivity index (χ4v) is 5.14. The van der Waals surface area contributed by atoms with Crippen LogP contribution in [-0.2, 0) is 16.4 Å². The molecule has 4 rings (SSSR count). The maximum atomic E-state index is 12.7. The Labute approximate surface area is 198 Å². The smallest absolute Gasteiger partial charge is 0.261 e. The lowest BCUT2D eigenvalue weighted by Crippen LogP contribution is -2.21. The first-order chi connectivity index (χ1) is 15.1. The lowest BCUT2D eigenvalue weighted by Gasteiger charge is -2.06. The number of amides is 1. The standard InChI is InChI=1S/C21H16Cl2N4O3S2/c1-32(29,30)13-5-2-11(3-6-13)10-25-19(28)17-9-15-18(26-21(24)27-20(15)31-17)14-7-4-12(22)8-16(14)23/h2-9H,10H2,1H3,(H,25,28)(H2,24,26,27). The molecule has 4 aromatic rings. The number of nitrogens with two attached hydrogens (primary N) is 1. The number of benzene rings is 2. The van der Waals surface area contributed by atoms with Gasteiger partial charge in [0.2, 0.25) is 5.95 Å². The molecule has 1 amide bonds. The molecular formula is C21H16Cl2N4O3S2. The Morgan fingerprint density at radius 3 is 2.47 bits per heavy atom. The molecule has 0 fully saturated rings. The Balaban J connectivity index is 1.60. The Morgan fingerprint density at radius 2 is 1.81 bits per heavy atom. The van der Waals surface area contributed by atoms with Crippen molar-refractivity contribution < 1.29 is 13.2 Å². The molecule has 0 bridgehead atoms. The molecule has 32 heavy (non-hydrogen) atoms. The SMILES string of the molecule is CS(=O)(=O)c1ccc(CNC(=O)c2cc3c(-c4ccc(Cl)cc4Cl)nc(N)nc3s2)cc1. The molecular weight excluding hydrogens is 491 g/mol. The summed E-state index contributed by atoms with van der Waals surface area (Å²) in [5.41, 5.74) is 7.79. The average molecular weight is 507 g/mol. The van der Waals surface area contributed by atoms with E-state index in [1.165, 1.54) is 23.5 Å². The number of halogens is 2. The zero-order valence-electron chi connectivity index (χ0n) is 16.6. The van der Waals surface area contributed by atoms with E-state index in [2.05, 4.69) is 15.3 Å². The van der Waals surface area contributed by atoms with Crippen LogP contribution in [-0.4, -0.2) is 30.5 Å². The quantitative estimate of drug-likeness (QED) is 0.409. The highest BCUT2D eigenvalue weighted by molar-refractivity contribution is 7.90. The van der Waals surface area contributed by atoms with Crippen LogP contribution in [0.5, 0.6) is 0 Å². The maximum absolute atomic E-state index is 12.7. The topological polar surface area (TPSA) is 115 Å². The van der Waals surface area contributed by atoms with Gasteiger partial charge in [0.15, 0.2) is 9.84 Å². The van der Waals surface area contributed by atoms with Crippen molar-refractivity contribution in [2.24, 2.45) is 0 Å². The van der Waals surface area contributed by atoms with Crippen molar-refractivity contribution in [1.82, 2.24) is 15.3 Å². The van der Waals surface area contributed by atoms with E-state index < -0.39 is 9.84 Å². The van der Waals surface area contributed by atoms with E-state index in [9.17, 15) is 13.2 Å². The molecule has 0 unspecified atom stereocenters. The molecule has 0 saturated heterocycles. The number of nitrogens with one attached hydrogen (secondary N) is 1. The molecule has 2 heterocycles. The minimum Gasteiger partial charge on any atom is -0.368 e. The second-order valence-corrected chi connectivity index (χ2v) is 10.9. The molecule has 7 nitrogen and oxygen atoms in total. The van der Waals surface area contributed by atoms with Crippen molar-refractivity contribution in [1.29, 1.82) is 0 Å².